The van der Waals surface area contributed by atoms with Crippen LogP contribution in [0.25, 0.3) is 0 Å². The zero-order valence-electron chi connectivity index (χ0n) is 12.2. The first-order valence-electron chi connectivity index (χ1n) is 6.82. The molecule has 0 aliphatic rings. The lowest BCUT2D eigenvalue weighted by Crippen LogP contribution is -2.40. The van der Waals surface area contributed by atoms with Crippen LogP contribution in [0, 0.1) is 0 Å². The van der Waals surface area contributed by atoms with Gasteiger partial charge < -0.3 is 15.2 Å². The highest BCUT2D eigenvalue weighted by Crippen LogP contribution is 2.25. The standard InChI is InChI=1S/C15H20ClNO4/c1-3-4-12(15(19)20)17-14(18)8-6-10-5-7-13(21-2)11(16)9-10/h5,7,9,12H,3-4,6,8H2,1-2H3,(H,17,18)(H,19,20)/t12-/m1/s1. The molecule has 0 aromatic heterocycles. The molecule has 116 valence electrons. The number of hydrogen-bond donors (Lipinski definition) is 2. The molecule has 0 aliphatic heterocycles. The van der Waals surface area contributed by atoms with Crippen LogP contribution in [0.15, 0.2) is 18.2 Å². The van der Waals surface area contributed by atoms with E-state index >= 15 is 0 Å². The van der Waals surface area contributed by atoms with Crippen LogP contribution in [-0.2, 0) is 16.0 Å². The molecule has 5 nitrogen and oxygen atoms in total. The van der Waals surface area contributed by atoms with E-state index in [-0.39, 0.29) is 12.3 Å². The fraction of sp³-hybridized carbons (Fsp3) is 0.467. The predicted molar refractivity (Wildman–Crippen MR) is 80.8 cm³/mol. The molecule has 0 bridgehead atoms. The quantitative estimate of drug-likeness (QED) is 0.773. The Morgan fingerprint density at radius 1 is 1.43 bits per heavy atom. The van der Waals surface area contributed by atoms with Crippen LogP contribution in [0.5, 0.6) is 5.75 Å². The van der Waals surface area contributed by atoms with Crippen LogP contribution in [0.3, 0.4) is 0 Å². The van der Waals surface area contributed by atoms with Crippen molar-refractivity contribution >= 4 is 23.5 Å². The number of carbonyl (C=O) groups is 2. The Bertz CT molecular complexity index is 504. The van der Waals surface area contributed by atoms with Gasteiger partial charge in [-0.25, -0.2) is 4.79 Å². The topological polar surface area (TPSA) is 75.6 Å². The van der Waals surface area contributed by atoms with Gasteiger partial charge in [0.2, 0.25) is 5.91 Å². The van der Waals surface area contributed by atoms with Crippen molar-refractivity contribution in [2.75, 3.05) is 7.11 Å². The number of aliphatic carboxylic acids is 1. The first-order chi connectivity index (χ1) is 9.97. The molecule has 2 N–H and O–H groups in total. The Morgan fingerprint density at radius 2 is 2.14 bits per heavy atom. The van der Waals surface area contributed by atoms with Gasteiger partial charge in [-0.3, -0.25) is 4.79 Å². The van der Waals surface area contributed by atoms with Gasteiger partial charge >= 0.3 is 5.97 Å². The van der Waals surface area contributed by atoms with Gasteiger partial charge in [0, 0.05) is 6.42 Å². The number of methoxy groups -OCH3 is 1. The van der Waals surface area contributed by atoms with Crippen molar-refractivity contribution < 1.29 is 19.4 Å². The van der Waals surface area contributed by atoms with E-state index in [9.17, 15) is 9.59 Å². The minimum absolute atomic E-state index is 0.218. The number of hydrogen-bond acceptors (Lipinski definition) is 3. The number of carboxylic acids is 1. The number of carbonyl (C=O) groups excluding carboxylic acids is 1. The van der Waals surface area contributed by atoms with Crippen molar-refractivity contribution in [3.8, 4) is 5.75 Å². The number of benzene rings is 1. The third-order valence-corrected chi connectivity index (χ3v) is 3.36. The summed E-state index contributed by atoms with van der Waals surface area (Å²) in [5.41, 5.74) is 0.901. The molecular formula is C15H20ClNO4. The van der Waals surface area contributed by atoms with Crippen LogP contribution in [0.1, 0.15) is 31.7 Å². The summed E-state index contributed by atoms with van der Waals surface area (Å²) in [4.78, 5) is 22.8. The van der Waals surface area contributed by atoms with Gasteiger partial charge in [-0.05, 0) is 30.5 Å². The number of aryl methyl sites for hydroxylation is 1. The van der Waals surface area contributed by atoms with Crippen molar-refractivity contribution in [1.82, 2.24) is 5.32 Å². The number of halogens is 1. The van der Waals surface area contributed by atoms with E-state index in [1.807, 2.05) is 13.0 Å². The van der Waals surface area contributed by atoms with Gasteiger partial charge in [-0.15, -0.1) is 0 Å². The van der Waals surface area contributed by atoms with E-state index in [0.29, 0.717) is 30.0 Å². The van der Waals surface area contributed by atoms with E-state index in [1.165, 1.54) is 7.11 Å². The minimum atomic E-state index is -1.00. The van der Waals surface area contributed by atoms with Gasteiger partial charge in [0.25, 0.3) is 0 Å². The van der Waals surface area contributed by atoms with Gasteiger partial charge in [0.05, 0.1) is 12.1 Å². The highest BCUT2D eigenvalue weighted by Gasteiger charge is 2.18. The maximum absolute atomic E-state index is 11.8. The van der Waals surface area contributed by atoms with Crippen LogP contribution in [-0.4, -0.2) is 30.1 Å². The number of carboxylic acid groups (broad SMARTS) is 1. The number of nitrogens with one attached hydrogen (secondary N) is 1. The van der Waals surface area contributed by atoms with Crippen LogP contribution >= 0.6 is 11.6 Å². The number of rotatable bonds is 8. The lowest BCUT2D eigenvalue weighted by atomic mass is 10.1. The summed E-state index contributed by atoms with van der Waals surface area (Å²) < 4.78 is 5.05. The fourth-order valence-electron chi connectivity index (χ4n) is 1.94. The molecule has 0 saturated carbocycles. The second kappa shape index (κ2) is 8.52. The highest BCUT2D eigenvalue weighted by molar-refractivity contribution is 6.32. The molecule has 0 radical (unpaired) electrons. The minimum Gasteiger partial charge on any atom is -0.495 e. The maximum atomic E-state index is 11.8. The summed E-state index contributed by atoms with van der Waals surface area (Å²) in [6.07, 6.45) is 1.84. The molecule has 0 saturated heterocycles. The molecule has 1 rings (SSSR count). The van der Waals surface area contributed by atoms with Crippen molar-refractivity contribution in [3.63, 3.8) is 0 Å². The molecule has 21 heavy (non-hydrogen) atoms. The molecule has 0 unspecified atom stereocenters. The summed E-state index contributed by atoms with van der Waals surface area (Å²) >= 11 is 6.01. The zero-order valence-corrected chi connectivity index (χ0v) is 12.9. The zero-order chi connectivity index (χ0) is 15.8. The van der Waals surface area contributed by atoms with E-state index < -0.39 is 12.0 Å². The second-order valence-electron chi connectivity index (χ2n) is 4.72. The van der Waals surface area contributed by atoms with Crippen LogP contribution in [0.4, 0.5) is 0 Å². The average Bonchev–Trinajstić information content (AvgIpc) is 2.44. The Balaban J connectivity index is 2.52. The summed E-state index contributed by atoms with van der Waals surface area (Å²) in [5.74, 6) is -0.695. The van der Waals surface area contributed by atoms with Gasteiger partial charge in [-0.2, -0.15) is 0 Å². The van der Waals surface area contributed by atoms with Gasteiger partial charge in [0.15, 0.2) is 0 Å². The normalized spacial score (nSPS) is 11.8. The number of ether oxygens (including phenoxy) is 1. The predicted octanol–water partition coefficient (Wildman–Crippen LogP) is 2.65. The third-order valence-electron chi connectivity index (χ3n) is 3.07. The molecule has 6 heteroatoms. The maximum Gasteiger partial charge on any atom is 0.326 e. The molecule has 0 spiro atoms. The van der Waals surface area contributed by atoms with Crippen LogP contribution < -0.4 is 10.1 Å². The van der Waals surface area contributed by atoms with E-state index in [0.717, 1.165) is 5.56 Å². The van der Waals surface area contributed by atoms with Crippen LogP contribution in [0.2, 0.25) is 5.02 Å². The monoisotopic (exact) mass is 313 g/mol. The Hall–Kier alpha value is -1.75. The SMILES string of the molecule is CCC[C@@H](NC(=O)CCc1ccc(OC)c(Cl)c1)C(=O)O. The van der Waals surface area contributed by atoms with Crippen molar-refractivity contribution in [3.05, 3.63) is 28.8 Å². The lowest BCUT2D eigenvalue weighted by molar-refractivity contribution is -0.142. The molecule has 1 aromatic carbocycles. The van der Waals surface area contributed by atoms with E-state index in [4.69, 9.17) is 21.4 Å². The average molecular weight is 314 g/mol. The van der Waals surface area contributed by atoms with Crippen molar-refractivity contribution in [1.29, 1.82) is 0 Å². The van der Waals surface area contributed by atoms with Crippen molar-refractivity contribution in [2.24, 2.45) is 0 Å². The lowest BCUT2D eigenvalue weighted by Gasteiger charge is -2.13. The van der Waals surface area contributed by atoms with E-state index in [1.54, 1.807) is 12.1 Å². The molecule has 1 aromatic rings. The number of amides is 1. The smallest absolute Gasteiger partial charge is 0.326 e. The molecule has 0 aliphatic carbocycles. The Labute approximate surface area is 129 Å². The summed E-state index contributed by atoms with van der Waals surface area (Å²) in [7, 11) is 1.54. The van der Waals surface area contributed by atoms with Gasteiger partial charge in [0.1, 0.15) is 11.8 Å². The largest absolute Gasteiger partial charge is 0.495 e. The first-order valence-corrected chi connectivity index (χ1v) is 7.20. The molecule has 1 atom stereocenters. The molecule has 0 heterocycles. The highest BCUT2D eigenvalue weighted by atomic mass is 35.5. The molecule has 0 fully saturated rings. The summed E-state index contributed by atoms with van der Waals surface area (Å²) in [5, 5.41) is 12.0. The second-order valence-corrected chi connectivity index (χ2v) is 5.12. The van der Waals surface area contributed by atoms with E-state index in [2.05, 4.69) is 5.32 Å². The Morgan fingerprint density at radius 3 is 2.67 bits per heavy atom. The van der Waals surface area contributed by atoms with Crippen molar-refractivity contribution in [2.45, 2.75) is 38.6 Å². The Kier molecular flexibility index (Phi) is 7.02. The third kappa shape index (κ3) is 5.63. The fourth-order valence-corrected chi connectivity index (χ4v) is 2.22. The summed E-state index contributed by atoms with van der Waals surface area (Å²) in [6.45, 7) is 1.88. The molecular weight excluding hydrogens is 294 g/mol. The van der Waals surface area contributed by atoms with Gasteiger partial charge in [-0.1, -0.05) is 31.0 Å². The first kappa shape index (κ1) is 17.3. The molecule has 1 amide bonds. The summed E-state index contributed by atoms with van der Waals surface area (Å²) in [6, 6.07) is 4.50.